The lowest BCUT2D eigenvalue weighted by Gasteiger charge is -2.44. The number of aliphatic hydroxyl groups is 1. The topological polar surface area (TPSA) is 61.8 Å². The molecule has 2 aromatic carbocycles. The lowest BCUT2D eigenvalue weighted by atomic mass is 9.72. The van der Waals surface area contributed by atoms with Crippen molar-refractivity contribution in [2.24, 2.45) is 5.92 Å². The summed E-state index contributed by atoms with van der Waals surface area (Å²) in [5, 5.41) is 15.6. The van der Waals surface area contributed by atoms with E-state index in [-0.39, 0.29) is 23.7 Å². The van der Waals surface area contributed by atoms with Gasteiger partial charge >= 0.3 is 0 Å². The van der Waals surface area contributed by atoms with Crippen LogP contribution in [0.2, 0.25) is 0 Å². The van der Waals surface area contributed by atoms with Gasteiger partial charge in [-0.2, -0.15) is 0 Å². The Balaban J connectivity index is 1.64. The molecule has 0 bridgehead atoms. The van der Waals surface area contributed by atoms with Crippen molar-refractivity contribution >= 4 is 5.91 Å². The number of morpholine rings is 1. The van der Waals surface area contributed by atoms with Crippen molar-refractivity contribution in [3.63, 3.8) is 0 Å². The molecule has 5 nitrogen and oxygen atoms in total. The molecule has 2 aliphatic heterocycles. The van der Waals surface area contributed by atoms with Crippen LogP contribution in [0.15, 0.2) is 42.5 Å². The molecular weight excluding hydrogens is 443 g/mol. The monoisotopic (exact) mass is 482 g/mol. The molecule has 2 aromatic rings. The van der Waals surface area contributed by atoms with Crippen molar-refractivity contribution < 1.29 is 19.0 Å². The number of halogens is 1. The summed E-state index contributed by atoms with van der Waals surface area (Å²) in [4.78, 5) is 15.0. The van der Waals surface area contributed by atoms with Crippen LogP contribution in [0.3, 0.4) is 0 Å². The quantitative estimate of drug-likeness (QED) is 0.575. The van der Waals surface area contributed by atoms with E-state index in [4.69, 9.17) is 4.74 Å². The third-order valence-corrected chi connectivity index (χ3v) is 7.59. The van der Waals surface area contributed by atoms with Crippen molar-refractivity contribution in [2.75, 3.05) is 32.8 Å². The SMILES string of the molecule is CCCC(O)(c1cccc(F)c1-c1cccc(CC)c1)C1CCCN(C(=O)CC2CNCCO2)C1. The van der Waals surface area contributed by atoms with E-state index in [9.17, 15) is 9.90 Å². The van der Waals surface area contributed by atoms with Gasteiger partial charge in [0.05, 0.1) is 24.7 Å². The van der Waals surface area contributed by atoms with Gasteiger partial charge in [0.1, 0.15) is 5.82 Å². The van der Waals surface area contributed by atoms with Crippen molar-refractivity contribution in [1.29, 1.82) is 0 Å². The molecule has 6 heteroatoms. The first-order valence-electron chi connectivity index (χ1n) is 13.2. The van der Waals surface area contributed by atoms with Crippen LogP contribution in [0.4, 0.5) is 4.39 Å². The van der Waals surface area contributed by atoms with Crippen LogP contribution in [0, 0.1) is 11.7 Å². The molecule has 2 saturated heterocycles. The largest absolute Gasteiger partial charge is 0.385 e. The van der Waals surface area contributed by atoms with Gasteiger partial charge in [-0.15, -0.1) is 0 Å². The lowest BCUT2D eigenvalue weighted by molar-refractivity contribution is -0.140. The van der Waals surface area contributed by atoms with E-state index in [0.717, 1.165) is 43.4 Å². The molecule has 0 saturated carbocycles. The second-order valence-corrected chi connectivity index (χ2v) is 9.97. The second-order valence-electron chi connectivity index (χ2n) is 9.97. The van der Waals surface area contributed by atoms with Crippen LogP contribution in [-0.4, -0.2) is 54.8 Å². The zero-order chi connectivity index (χ0) is 24.8. The summed E-state index contributed by atoms with van der Waals surface area (Å²) in [6.07, 6.45) is 3.99. The highest BCUT2D eigenvalue weighted by molar-refractivity contribution is 5.77. The number of carbonyl (C=O) groups excluding carboxylic acids is 1. The summed E-state index contributed by atoms with van der Waals surface area (Å²) in [6, 6.07) is 13.0. The molecule has 2 aliphatic rings. The number of nitrogens with zero attached hydrogens (tertiary/aromatic N) is 1. The molecule has 2 fully saturated rings. The van der Waals surface area contributed by atoms with E-state index < -0.39 is 5.60 Å². The van der Waals surface area contributed by atoms with Crippen molar-refractivity contribution in [1.82, 2.24) is 10.2 Å². The summed E-state index contributed by atoms with van der Waals surface area (Å²) in [6.45, 7) is 7.41. The fourth-order valence-corrected chi connectivity index (χ4v) is 5.73. The smallest absolute Gasteiger partial charge is 0.225 e. The normalized spacial score (nSPS) is 22.6. The number of hydrogen-bond donors (Lipinski definition) is 2. The highest BCUT2D eigenvalue weighted by Crippen LogP contribution is 2.44. The average Bonchev–Trinajstić information content (AvgIpc) is 2.89. The average molecular weight is 483 g/mol. The van der Waals surface area contributed by atoms with E-state index in [1.165, 1.54) is 6.07 Å². The first kappa shape index (κ1) is 25.8. The van der Waals surface area contributed by atoms with E-state index in [2.05, 4.69) is 12.2 Å². The van der Waals surface area contributed by atoms with Gasteiger partial charge in [0.15, 0.2) is 0 Å². The molecule has 0 radical (unpaired) electrons. The van der Waals surface area contributed by atoms with Crippen LogP contribution in [0.25, 0.3) is 11.1 Å². The lowest BCUT2D eigenvalue weighted by Crippen LogP contribution is -2.49. The Morgan fingerprint density at radius 3 is 2.83 bits per heavy atom. The second kappa shape index (κ2) is 11.6. The van der Waals surface area contributed by atoms with Crippen LogP contribution < -0.4 is 5.32 Å². The maximum Gasteiger partial charge on any atom is 0.225 e. The molecule has 1 amide bonds. The molecule has 2 heterocycles. The number of benzene rings is 2. The Labute approximate surface area is 208 Å². The van der Waals surface area contributed by atoms with Crippen molar-refractivity contribution in [3.8, 4) is 11.1 Å². The van der Waals surface area contributed by atoms with Gasteiger partial charge in [0.25, 0.3) is 0 Å². The van der Waals surface area contributed by atoms with Gasteiger partial charge in [0.2, 0.25) is 5.91 Å². The van der Waals surface area contributed by atoms with Gasteiger partial charge in [0, 0.05) is 37.7 Å². The zero-order valence-electron chi connectivity index (χ0n) is 21.1. The van der Waals surface area contributed by atoms with E-state index in [1.54, 1.807) is 6.07 Å². The first-order chi connectivity index (χ1) is 17.0. The minimum Gasteiger partial charge on any atom is -0.385 e. The Hall–Kier alpha value is -2.28. The number of nitrogens with one attached hydrogen (secondary N) is 1. The maximum absolute atomic E-state index is 15.4. The summed E-state index contributed by atoms with van der Waals surface area (Å²) in [5.41, 5.74) is 1.80. The summed E-state index contributed by atoms with van der Waals surface area (Å²) >= 11 is 0. The molecule has 2 N–H and O–H groups in total. The van der Waals surface area contributed by atoms with Crippen LogP contribution >= 0.6 is 0 Å². The standard InChI is InChI=1S/C29H39FN2O3/c1-3-13-29(34,23-10-7-15-32(20-23)27(33)18-24-19-31-14-16-35-24)25-11-6-12-26(30)28(25)22-9-5-8-21(4-2)17-22/h5-6,8-9,11-12,17,23-24,31,34H,3-4,7,10,13-16,18-20H2,1-2H3. The highest BCUT2D eigenvalue weighted by Gasteiger charge is 2.43. The predicted octanol–water partition coefficient (Wildman–Crippen LogP) is 4.66. The number of aryl methyl sites for hydroxylation is 1. The Morgan fingerprint density at radius 2 is 2.09 bits per heavy atom. The summed E-state index contributed by atoms with van der Waals surface area (Å²) in [5.74, 6) is -0.422. The highest BCUT2D eigenvalue weighted by atomic mass is 19.1. The minimum absolute atomic E-state index is 0.0670. The minimum atomic E-state index is -1.23. The number of likely N-dealkylation sites (tertiary alicyclic amines) is 1. The van der Waals surface area contributed by atoms with Gasteiger partial charge < -0.3 is 20.1 Å². The maximum atomic E-state index is 15.4. The van der Waals surface area contributed by atoms with Crippen LogP contribution in [0.5, 0.6) is 0 Å². The number of rotatable bonds is 8. The number of carbonyl (C=O) groups is 1. The number of hydrogen-bond acceptors (Lipinski definition) is 4. The molecule has 3 unspecified atom stereocenters. The van der Waals surface area contributed by atoms with Crippen LogP contribution in [0.1, 0.15) is 57.1 Å². The molecule has 0 spiro atoms. The zero-order valence-corrected chi connectivity index (χ0v) is 21.1. The number of amides is 1. The molecule has 190 valence electrons. The molecular formula is C29H39FN2O3. The van der Waals surface area contributed by atoms with E-state index in [0.29, 0.717) is 50.2 Å². The van der Waals surface area contributed by atoms with E-state index in [1.807, 2.05) is 42.2 Å². The van der Waals surface area contributed by atoms with Gasteiger partial charge in [-0.05, 0) is 48.4 Å². The van der Waals surface area contributed by atoms with Gasteiger partial charge in [-0.3, -0.25) is 4.79 Å². The van der Waals surface area contributed by atoms with Crippen molar-refractivity contribution in [3.05, 3.63) is 59.4 Å². The molecule has 35 heavy (non-hydrogen) atoms. The number of piperidine rings is 1. The Morgan fingerprint density at radius 1 is 1.26 bits per heavy atom. The van der Waals surface area contributed by atoms with Gasteiger partial charge in [-0.25, -0.2) is 4.39 Å². The van der Waals surface area contributed by atoms with Crippen LogP contribution in [-0.2, 0) is 21.6 Å². The van der Waals surface area contributed by atoms with E-state index >= 15 is 4.39 Å². The summed E-state index contributed by atoms with van der Waals surface area (Å²) in [7, 11) is 0. The third kappa shape index (κ3) is 5.76. The first-order valence-corrected chi connectivity index (χ1v) is 13.2. The molecule has 3 atom stereocenters. The summed E-state index contributed by atoms with van der Waals surface area (Å²) < 4.78 is 21.1. The Kier molecular flexibility index (Phi) is 8.58. The molecule has 4 rings (SSSR count). The predicted molar refractivity (Wildman–Crippen MR) is 137 cm³/mol. The number of ether oxygens (including phenoxy) is 1. The molecule has 0 aliphatic carbocycles. The van der Waals surface area contributed by atoms with Crippen molar-refractivity contribution in [2.45, 2.75) is 64.1 Å². The molecule has 0 aromatic heterocycles. The van der Waals surface area contributed by atoms with Gasteiger partial charge in [-0.1, -0.05) is 56.7 Å². The fraction of sp³-hybridized carbons (Fsp3) is 0.552. The Bertz CT molecular complexity index is 1010. The fourth-order valence-electron chi connectivity index (χ4n) is 5.73. The third-order valence-electron chi connectivity index (χ3n) is 7.59.